The van der Waals surface area contributed by atoms with Crippen LogP contribution in [0.15, 0.2) is 48.5 Å². The maximum absolute atomic E-state index is 5.98. The molecule has 0 radical (unpaired) electrons. The molecule has 2 aromatic carbocycles. The van der Waals surface area contributed by atoms with Crippen molar-refractivity contribution in [3.05, 3.63) is 59.7 Å². The molecule has 5 nitrogen and oxygen atoms in total. The molecule has 1 unspecified atom stereocenters. The largest absolute Gasteiger partial charge is 0.493 e. The van der Waals surface area contributed by atoms with Crippen LogP contribution in [0.25, 0.3) is 0 Å². The fourth-order valence-corrected chi connectivity index (χ4v) is 3.05. The van der Waals surface area contributed by atoms with Gasteiger partial charge in [0.15, 0.2) is 11.5 Å². The Labute approximate surface area is 155 Å². The highest BCUT2D eigenvalue weighted by atomic mass is 16.5. The number of ether oxygens (including phenoxy) is 3. The van der Waals surface area contributed by atoms with Crippen LogP contribution in [0.1, 0.15) is 11.1 Å². The van der Waals surface area contributed by atoms with E-state index in [2.05, 4.69) is 35.5 Å². The van der Waals surface area contributed by atoms with Gasteiger partial charge in [0.2, 0.25) is 0 Å². The van der Waals surface area contributed by atoms with E-state index in [0.29, 0.717) is 6.61 Å². The first-order valence-electron chi connectivity index (χ1n) is 9.09. The molecule has 0 spiro atoms. The lowest BCUT2D eigenvalue weighted by molar-refractivity contribution is -0.0182. The molecule has 140 valence electrons. The highest BCUT2D eigenvalue weighted by molar-refractivity contribution is 5.43. The van der Waals surface area contributed by atoms with Crippen LogP contribution < -0.4 is 14.8 Å². The van der Waals surface area contributed by atoms with Gasteiger partial charge in [-0.2, -0.15) is 0 Å². The van der Waals surface area contributed by atoms with Crippen molar-refractivity contribution in [1.29, 1.82) is 0 Å². The highest BCUT2D eigenvalue weighted by Crippen LogP contribution is 2.28. The monoisotopic (exact) mass is 356 g/mol. The number of nitrogens with one attached hydrogen (secondary N) is 1. The maximum atomic E-state index is 5.98. The van der Waals surface area contributed by atoms with Crippen molar-refractivity contribution in [2.45, 2.75) is 19.3 Å². The molecule has 0 saturated carbocycles. The fraction of sp³-hybridized carbons (Fsp3) is 0.429. The summed E-state index contributed by atoms with van der Waals surface area (Å²) in [5.41, 5.74) is 2.30. The van der Waals surface area contributed by atoms with E-state index in [1.54, 1.807) is 7.11 Å². The summed E-state index contributed by atoms with van der Waals surface area (Å²) in [7, 11) is 3.80. The molecule has 0 aliphatic carbocycles. The van der Waals surface area contributed by atoms with Gasteiger partial charge in [0.05, 0.1) is 19.8 Å². The summed E-state index contributed by atoms with van der Waals surface area (Å²) in [5, 5.41) is 3.48. The maximum Gasteiger partial charge on any atom is 0.161 e. The Hall–Kier alpha value is -2.08. The molecule has 3 rings (SSSR count). The second-order valence-corrected chi connectivity index (χ2v) is 6.65. The molecule has 1 saturated heterocycles. The van der Waals surface area contributed by atoms with Crippen LogP contribution in [0, 0.1) is 0 Å². The van der Waals surface area contributed by atoms with Crippen LogP contribution in [-0.2, 0) is 17.9 Å². The van der Waals surface area contributed by atoms with Crippen LogP contribution in [0.2, 0.25) is 0 Å². The Kier molecular flexibility index (Phi) is 6.89. The fourth-order valence-electron chi connectivity index (χ4n) is 3.05. The van der Waals surface area contributed by atoms with Gasteiger partial charge in [-0.05, 0) is 30.3 Å². The molecule has 1 N–H and O–H groups in total. The summed E-state index contributed by atoms with van der Waals surface area (Å²) >= 11 is 0. The van der Waals surface area contributed by atoms with E-state index in [1.807, 2.05) is 30.3 Å². The number of hydrogen-bond acceptors (Lipinski definition) is 5. The van der Waals surface area contributed by atoms with Gasteiger partial charge in [-0.15, -0.1) is 0 Å². The number of hydrogen-bond donors (Lipinski definition) is 1. The Morgan fingerprint density at radius 2 is 1.96 bits per heavy atom. The first kappa shape index (κ1) is 18.7. The Bertz CT molecular complexity index is 678. The molecular formula is C21H28N2O3. The zero-order valence-corrected chi connectivity index (χ0v) is 15.6. The average molecular weight is 356 g/mol. The zero-order chi connectivity index (χ0) is 18.2. The van der Waals surface area contributed by atoms with Crippen molar-refractivity contribution in [2.75, 3.05) is 40.4 Å². The van der Waals surface area contributed by atoms with Crippen molar-refractivity contribution < 1.29 is 14.2 Å². The van der Waals surface area contributed by atoms with Gasteiger partial charge in [-0.3, -0.25) is 0 Å². The molecule has 26 heavy (non-hydrogen) atoms. The minimum absolute atomic E-state index is 0.251. The lowest BCUT2D eigenvalue weighted by Crippen LogP contribution is -2.44. The lowest BCUT2D eigenvalue weighted by Gasteiger charge is -2.30. The summed E-state index contributed by atoms with van der Waals surface area (Å²) < 4.78 is 17.2. The molecule has 1 aliphatic rings. The van der Waals surface area contributed by atoms with Gasteiger partial charge in [0.1, 0.15) is 6.61 Å². The second kappa shape index (κ2) is 9.57. The van der Waals surface area contributed by atoms with Gasteiger partial charge in [0, 0.05) is 26.2 Å². The van der Waals surface area contributed by atoms with Crippen molar-refractivity contribution in [3.8, 4) is 11.5 Å². The van der Waals surface area contributed by atoms with Gasteiger partial charge in [-0.1, -0.05) is 36.4 Å². The topological polar surface area (TPSA) is 43.0 Å². The van der Waals surface area contributed by atoms with Crippen molar-refractivity contribution in [2.24, 2.45) is 0 Å². The minimum Gasteiger partial charge on any atom is -0.493 e. The first-order valence-corrected chi connectivity index (χ1v) is 9.09. The van der Waals surface area contributed by atoms with E-state index in [1.165, 1.54) is 0 Å². The summed E-state index contributed by atoms with van der Waals surface area (Å²) in [5.74, 6) is 1.52. The molecule has 2 aromatic rings. The predicted octanol–water partition coefficient (Wildman–Crippen LogP) is 2.69. The summed E-state index contributed by atoms with van der Waals surface area (Å²) in [6, 6.07) is 16.2. The Morgan fingerprint density at radius 3 is 2.73 bits per heavy atom. The Morgan fingerprint density at radius 1 is 1.12 bits per heavy atom. The third-order valence-corrected chi connectivity index (χ3v) is 4.51. The average Bonchev–Trinajstić information content (AvgIpc) is 2.67. The van der Waals surface area contributed by atoms with Crippen LogP contribution in [0.3, 0.4) is 0 Å². The normalized spacial score (nSPS) is 17.8. The van der Waals surface area contributed by atoms with Gasteiger partial charge in [-0.25, -0.2) is 0 Å². The highest BCUT2D eigenvalue weighted by Gasteiger charge is 2.17. The minimum atomic E-state index is 0.251. The molecule has 1 aliphatic heterocycles. The first-order chi connectivity index (χ1) is 12.7. The standard InChI is InChI=1S/C21H28N2O3/c1-23-10-11-25-19(15-23)14-22-13-18-8-9-20(24-2)21(12-18)26-16-17-6-4-3-5-7-17/h3-9,12,19,22H,10-11,13-16H2,1-2H3. The number of nitrogens with zero attached hydrogens (tertiary/aromatic N) is 1. The number of benzene rings is 2. The summed E-state index contributed by atoms with van der Waals surface area (Å²) in [6.07, 6.45) is 0.251. The van der Waals surface area contributed by atoms with E-state index in [-0.39, 0.29) is 6.10 Å². The molecule has 0 amide bonds. The van der Waals surface area contributed by atoms with Gasteiger partial charge in [0.25, 0.3) is 0 Å². The third-order valence-electron chi connectivity index (χ3n) is 4.51. The van der Waals surface area contributed by atoms with E-state index in [0.717, 1.165) is 55.4 Å². The number of morpholine rings is 1. The quantitative estimate of drug-likeness (QED) is 0.788. The molecule has 0 bridgehead atoms. The van der Waals surface area contributed by atoms with Crippen LogP contribution in [0.5, 0.6) is 11.5 Å². The lowest BCUT2D eigenvalue weighted by atomic mass is 10.2. The van der Waals surface area contributed by atoms with Gasteiger partial charge >= 0.3 is 0 Å². The molecule has 1 fully saturated rings. The van der Waals surface area contributed by atoms with Crippen LogP contribution in [-0.4, -0.2) is 51.4 Å². The molecule has 1 heterocycles. The predicted molar refractivity (Wildman–Crippen MR) is 103 cm³/mol. The summed E-state index contributed by atoms with van der Waals surface area (Å²) in [4.78, 5) is 2.30. The SMILES string of the molecule is COc1ccc(CNCC2CN(C)CCO2)cc1OCc1ccccc1. The Balaban J connectivity index is 1.54. The second-order valence-electron chi connectivity index (χ2n) is 6.65. The van der Waals surface area contributed by atoms with E-state index >= 15 is 0 Å². The number of methoxy groups -OCH3 is 1. The van der Waals surface area contributed by atoms with Crippen molar-refractivity contribution in [3.63, 3.8) is 0 Å². The number of likely N-dealkylation sites (N-methyl/N-ethyl adjacent to an activating group) is 1. The molecule has 5 heteroatoms. The van der Waals surface area contributed by atoms with Crippen LogP contribution >= 0.6 is 0 Å². The summed E-state index contributed by atoms with van der Waals surface area (Å²) in [6.45, 7) is 4.93. The van der Waals surface area contributed by atoms with E-state index in [4.69, 9.17) is 14.2 Å². The third kappa shape index (κ3) is 5.46. The number of rotatable bonds is 8. The van der Waals surface area contributed by atoms with Crippen LogP contribution in [0.4, 0.5) is 0 Å². The van der Waals surface area contributed by atoms with E-state index < -0.39 is 0 Å². The van der Waals surface area contributed by atoms with Gasteiger partial charge < -0.3 is 24.4 Å². The zero-order valence-electron chi connectivity index (χ0n) is 15.6. The van der Waals surface area contributed by atoms with Crippen molar-refractivity contribution >= 4 is 0 Å². The smallest absolute Gasteiger partial charge is 0.161 e. The van der Waals surface area contributed by atoms with E-state index in [9.17, 15) is 0 Å². The molecular weight excluding hydrogens is 328 g/mol. The van der Waals surface area contributed by atoms with Crippen molar-refractivity contribution in [1.82, 2.24) is 10.2 Å². The molecule has 1 atom stereocenters. The molecule has 0 aromatic heterocycles.